The van der Waals surface area contributed by atoms with Crippen molar-refractivity contribution in [3.8, 4) is 16.9 Å². The minimum Gasteiger partial charge on any atom is -0.507 e. The van der Waals surface area contributed by atoms with Gasteiger partial charge in [0.25, 0.3) is 0 Å². The number of ketones is 3. The maximum absolute atomic E-state index is 14.4. The maximum Gasteiger partial charge on any atom is 0.310 e. The first-order valence-corrected chi connectivity index (χ1v) is 14.8. The number of rotatable bonds is 6. The third-order valence-corrected chi connectivity index (χ3v) is 10.2. The van der Waals surface area contributed by atoms with Crippen LogP contribution in [0.1, 0.15) is 89.2 Å². The lowest BCUT2D eigenvalue weighted by Gasteiger charge is -2.59. The van der Waals surface area contributed by atoms with Gasteiger partial charge < -0.3 is 9.84 Å². The molecule has 5 rings (SSSR count). The molecule has 3 atom stereocenters. The Morgan fingerprint density at radius 3 is 2.26 bits per heavy atom. The number of allylic oxidation sites excluding steroid dienone is 4. The van der Waals surface area contributed by atoms with E-state index in [-0.39, 0.29) is 46.6 Å². The Labute approximate surface area is 247 Å². The molecular formula is C36H40O6. The van der Waals surface area contributed by atoms with E-state index >= 15 is 0 Å². The van der Waals surface area contributed by atoms with Crippen LogP contribution in [-0.2, 0) is 32.0 Å². The average molecular weight is 569 g/mol. The van der Waals surface area contributed by atoms with E-state index in [0.29, 0.717) is 37.0 Å². The predicted molar refractivity (Wildman–Crippen MR) is 161 cm³/mol. The van der Waals surface area contributed by atoms with Crippen LogP contribution in [-0.4, -0.2) is 35.0 Å². The van der Waals surface area contributed by atoms with Gasteiger partial charge in [0.2, 0.25) is 0 Å². The zero-order chi connectivity index (χ0) is 30.8. The van der Waals surface area contributed by atoms with Gasteiger partial charge in [-0.25, -0.2) is 0 Å². The van der Waals surface area contributed by atoms with Crippen molar-refractivity contribution in [2.24, 2.45) is 16.2 Å². The Morgan fingerprint density at radius 2 is 1.64 bits per heavy atom. The van der Waals surface area contributed by atoms with Gasteiger partial charge in [0, 0.05) is 11.0 Å². The zero-order valence-corrected chi connectivity index (χ0v) is 25.7. The van der Waals surface area contributed by atoms with E-state index < -0.39 is 16.2 Å². The molecule has 0 unspecified atom stereocenters. The Bertz CT molecular complexity index is 1610. The number of carbonyl (C=O) groups excluding carboxylic acids is 4. The number of carbonyl (C=O) groups is 4. The first-order chi connectivity index (χ1) is 19.7. The van der Waals surface area contributed by atoms with Crippen LogP contribution in [0, 0.1) is 16.2 Å². The van der Waals surface area contributed by atoms with Crippen LogP contribution in [0.15, 0.2) is 58.7 Å². The number of fused-ring (bicyclic) bond motifs is 3. The van der Waals surface area contributed by atoms with Crippen LogP contribution in [0.5, 0.6) is 5.75 Å². The van der Waals surface area contributed by atoms with Crippen LogP contribution in [0.3, 0.4) is 0 Å². The third kappa shape index (κ3) is 4.29. The molecule has 6 heteroatoms. The first kappa shape index (κ1) is 29.7. The summed E-state index contributed by atoms with van der Waals surface area (Å²) >= 11 is 0. The van der Waals surface area contributed by atoms with Crippen molar-refractivity contribution in [1.29, 1.82) is 0 Å². The lowest BCUT2D eigenvalue weighted by atomic mass is 9.42. The van der Waals surface area contributed by atoms with Crippen LogP contribution >= 0.6 is 0 Å². The molecule has 2 aromatic rings. The summed E-state index contributed by atoms with van der Waals surface area (Å²) in [5.74, 6) is -1.04. The minimum atomic E-state index is -1.00. The molecule has 0 saturated heterocycles. The van der Waals surface area contributed by atoms with Crippen LogP contribution in [0.25, 0.3) is 11.1 Å². The van der Waals surface area contributed by atoms with E-state index in [2.05, 4.69) is 13.8 Å². The van der Waals surface area contributed by atoms with E-state index in [0.717, 1.165) is 34.2 Å². The molecule has 0 radical (unpaired) electrons. The SMILES string of the molecule is CCCOC(=O)Cc1ccc(-c2ccc(O)c3c2C[C@]2(C)C[C@]4(C)CC(C)=C(C(C)=O)C(=O)[C@]4(C)C(C)=C2C3=O)cc1. The summed E-state index contributed by atoms with van der Waals surface area (Å²) in [5.41, 5.74) is 3.96. The molecule has 1 N–H and O–H groups in total. The number of benzene rings is 2. The van der Waals surface area contributed by atoms with Crippen LogP contribution in [0.2, 0.25) is 0 Å². The number of hydrogen-bond acceptors (Lipinski definition) is 6. The number of aromatic hydroxyl groups is 1. The van der Waals surface area contributed by atoms with Crippen LogP contribution in [0.4, 0.5) is 0 Å². The summed E-state index contributed by atoms with van der Waals surface area (Å²) in [4.78, 5) is 53.0. The Morgan fingerprint density at radius 1 is 0.976 bits per heavy atom. The lowest BCUT2D eigenvalue weighted by Crippen LogP contribution is -2.57. The normalized spacial score (nSPS) is 26.9. The number of esters is 1. The minimum absolute atomic E-state index is 0.0787. The van der Waals surface area contributed by atoms with E-state index in [9.17, 15) is 24.3 Å². The van der Waals surface area contributed by atoms with Gasteiger partial charge in [-0.2, -0.15) is 0 Å². The van der Waals surface area contributed by atoms with Gasteiger partial charge in [0.1, 0.15) is 5.75 Å². The van der Waals surface area contributed by atoms with E-state index in [4.69, 9.17) is 4.74 Å². The molecule has 0 bridgehead atoms. The van der Waals surface area contributed by atoms with Crippen molar-refractivity contribution in [3.63, 3.8) is 0 Å². The second-order valence-electron chi connectivity index (χ2n) is 13.2. The predicted octanol–water partition coefficient (Wildman–Crippen LogP) is 6.91. The summed E-state index contributed by atoms with van der Waals surface area (Å²) in [5, 5.41) is 11.0. The fourth-order valence-electron chi connectivity index (χ4n) is 8.23. The van der Waals surface area contributed by atoms with Crippen molar-refractivity contribution in [2.75, 3.05) is 6.61 Å². The quantitative estimate of drug-likeness (QED) is 0.300. The fraction of sp³-hybridized carbons (Fsp3) is 0.444. The second-order valence-corrected chi connectivity index (χ2v) is 13.2. The smallest absolute Gasteiger partial charge is 0.310 e. The summed E-state index contributed by atoms with van der Waals surface area (Å²) in [6.45, 7) is 13.6. The van der Waals surface area contributed by atoms with E-state index in [1.165, 1.54) is 6.92 Å². The largest absolute Gasteiger partial charge is 0.507 e. The van der Waals surface area contributed by atoms with Gasteiger partial charge in [0.15, 0.2) is 17.3 Å². The monoisotopic (exact) mass is 568 g/mol. The summed E-state index contributed by atoms with van der Waals surface area (Å²) in [6.07, 6.45) is 2.68. The van der Waals surface area contributed by atoms with Crippen molar-refractivity contribution >= 4 is 23.3 Å². The van der Waals surface area contributed by atoms with Crippen molar-refractivity contribution in [1.82, 2.24) is 0 Å². The van der Waals surface area contributed by atoms with E-state index in [1.54, 1.807) is 6.07 Å². The third-order valence-electron chi connectivity index (χ3n) is 10.2. The highest BCUT2D eigenvalue weighted by atomic mass is 16.5. The lowest BCUT2D eigenvalue weighted by molar-refractivity contribution is -0.143. The molecule has 3 aliphatic carbocycles. The molecular weight excluding hydrogens is 528 g/mol. The van der Waals surface area contributed by atoms with Crippen molar-refractivity contribution in [2.45, 2.75) is 80.6 Å². The summed E-state index contributed by atoms with van der Waals surface area (Å²) in [7, 11) is 0. The highest BCUT2D eigenvalue weighted by molar-refractivity contribution is 6.24. The molecule has 0 saturated carbocycles. The Kier molecular flexibility index (Phi) is 7.19. The molecule has 220 valence electrons. The van der Waals surface area contributed by atoms with Gasteiger partial charge >= 0.3 is 5.97 Å². The molecule has 0 heterocycles. The molecule has 0 amide bonds. The zero-order valence-electron chi connectivity index (χ0n) is 25.7. The highest BCUT2D eigenvalue weighted by Gasteiger charge is 2.63. The number of phenols is 1. The van der Waals surface area contributed by atoms with Gasteiger partial charge in [0.05, 0.1) is 29.6 Å². The molecule has 6 nitrogen and oxygen atoms in total. The van der Waals surface area contributed by atoms with Gasteiger partial charge in [-0.3, -0.25) is 19.2 Å². The molecule has 0 aromatic heterocycles. The topological polar surface area (TPSA) is 97.7 Å². The second kappa shape index (κ2) is 10.2. The van der Waals surface area contributed by atoms with Gasteiger partial charge in [-0.15, -0.1) is 0 Å². The molecule has 3 aliphatic rings. The highest BCUT2D eigenvalue weighted by Crippen LogP contribution is 2.66. The number of hydrogen-bond donors (Lipinski definition) is 1. The summed E-state index contributed by atoms with van der Waals surface area (Å²) in [6, 6.07) is 11.1. The Balaban J connectivity index is 1.61. The van der Waals surface area contributed by atoms with Crippen LogP contribution < -0.4 is 0 Å². The molecule has 0 fully saturated rings. The van der Waals surface area contributed by atoms with E-state index in [1.807, 2.05) is 58.0 Å². The summed E-state index contributed by atoms with van der Waals surface area (Å²) < 4.78 is 5.21. The molecule has 2 aromatic carbocycles. The standard InChI is InChI=1S/C36H40O6/c1-8-15-42-28(39)16-23-9-11-24(12-10-23)25-13-14-27(38)30-26(25)18-34(5)19-35(6)17-20(2)29(22(4)37)33(41)36(35,7)21(3)31(34)32(30)40/h9-14,38H,8,15-19H2,1-7H3/t34-,35+,36+/m1/s1. The van der Waals surface area contributed by atoms with Gasteiger partial charge in [-0.1, -0.05) is 62.2 Å². The number of phenolic OH excluding ortho intramolecular Hbond substituents is 1. The average Bonchev–Trinajstić information content (AvgIpc) is 2.90. The van der Waals surface area contributed by atoms with Crippen molar-refractivity contribution in [3.05, 3.63) is 75.4 Å². The molecule has 42 heavy (non-hydrogen) atoms. The Hall–Kier alpha value is -3.80. The first-order valence-electron chi connectivity index (χ1n) is 14.8. The fourth-order valence-corrected chi connectivity index (χ4v) is 8.23. The number of Topliss-reactive ketones (excluding diaryl/α,β-unsaturated/α-hetero) is 3. The van der Waals surface area contributed by atoms with Crippen molar-refractivity contribution < 1.29 is 29.0 Å². The molecule has 0 aliphatic heterocycles. The maximum atomic E-state index is 14.4. The number of ether oxygens (including phenoxy) is 1. The molecule has 0 spiro atoms. The van der Waals surface area contributed by atoms with Gasteiger partial charge in [-0.05, 0) is 87.1 Å².